The fourth-order valence-corrected chi connectivity index (χ4v) is 2.85. The standard InChI is InChI=1S/C19H17BO2/c21-20(22)18-14-8-7-13-17(18)19(15-9-3-1-4-10-15)16-11-5-2-6-12-16/h1-14,19,21-22H. The Morgan fingerprint density at radius 3 is 1.55 bits per heavy atom. The van der Waals surface area contributed by atoms with Crippen LogP contribution in [0.4, 0.5) is 0 Å². The van der Waals surface area contributed by atoms with Gasteiger partial charge in [-0.1, -0.05) is 84.9 Å². The largest absolute Gasteiger partial charge is 0.488 e. The molecule has 3 aromatic rings. The lowest BCUT2D eigenvalue weighted by Crippen LogP contribution is -2.34. The second-order valence-corrected chi connectivity index (χ2v) is 5.26. The van der Waals surface area contributed by atoms with Crippen molar-refractivity contribution >= 4 is 12.6 Å². The van der Waals surface area contributed by atoms with E-state index in [1.54, 1.807) is 6.07 Å². The number of benzene rings is 3. The highest BCUT2D eigenvalue weighted by atomic mass is 16.4. The van der Waals surface area contributed by atoms with Crippen molar-refractivity contribution in [3.63, 3.8) is 0 Å². The molecule has 0 fully saturated rings. The SMILES string of the molecule is OB(O)c1ccccc1C(c1ccccc1)c1ccccc1. The van der Waals surface area contributed by atoms with Gasteiger partial charge in [-0.25, -0.2) is 0 Å². The minimum atomic E-state index is -1.48. The summed E-state index contributed by atoms with van der Waals surface area (Å²) < 4.78 is 0. The summed E-state index contributed by atoms with van der Waals surface area (Å²) in [6.45, 7) is 0. The minimum Gasteiger partial charge on any atom is -0.423 e. The van der Waals surface area contributed by atoms with Crippen LogP contribution in [0.2, 0.25) is 0 Å². The molecule has 0 aliphatic carbocycles. The van der Waals surface area contributed by atoms with Gasteiger partial charge in [-0.3, -0.25) is 0 Å². The van der Waals surface area contributed by atoms with Gasteiger partial charge in [0.2, 0.25) is 0 Å². The molecule has 0 aromatic heterocycles. The molecule has 0 aliphatic heterocycles. The highest BCUT2D eigenvalue weighted by molar-refractivity contribution is 6.59. The molecule has 3 rings (SSSR count). The molecule has 0 unspecified atom stereocenters. The molecule has 0 saturated carbocycles. The highest BCUT2D eigenvalue weighted by Gasteiger charge is 2.23. The van der Waals surface area contributed by atoms with Gasteiger partial charge in [-0.2, -0.15) is 0 Å². The van der Waals surface area contributed by atoms with Gasteiger partial charge >= 0.3 is 7.12 Å². The van der Waals surface area contributed by atoms with Crippen LogP contribution in [0, 0.1) is 0 Å². The maximum atomic E-state index is 9.70. The maximum absolute atomic E-state index is 9.70. The van der Waals surface area contributed by atoms with Crippen molar-refractivity contribution in [2.75, 3.05) is 0 Å². The van der Waals surface area contributed by atoms with Crippen molar-refractivity contribution in [2.24, 2.45) is 0 Å². The first-order valence-electron chi connectivity index (χ1n) is 7.32. The zero-order valence-electron chi connectivity index (χ0n) is 12.1. The quantitative estimate of drug-likeness (QED) is 0.572. The predicted octanol–water partition coefficient (Wildman–Crippen LogP) is 2.55. The molecule has 0 radical (unpaired) electrons. The summed E-state index contributed by atoms with van der Waals surface area (Å²) in [5, 5.41) is 19.4. The molecule has 3 aromatic carbocycles. The number of hydrogen-bond donors (Lipinski definition) is 2. The fraction of sp³-hybridized carbons (Fsp3) is 0.0526. The van der Waals surface area contributed by atoms with Crippen LogP contribution in [-0.2, 0) is 0 Å². The van der Waals surface area contributed by atoms with Crippen molar-refractivity contribution in [1.29, 1.82) is 0 Å². The molecular weight excluding hydrogens is 271 g/mol. The van der Waals surface area contributed by atoms with Crippen LogP contribution in [0.15, 0.2) is 84.9 Å². The third-order valence-corrected chi connectivity index (χ3v) is 3.85. The van der Waals surface area contributed by atoms with Gasteiger partial charge in [0, 0.05) is 5.92 Å². The van der Waals surface area contributed by atoms with Crippen molar-refractivity contribution in [1.82, 2.24) is 0 Å². The van der Waals surface area contributed by atoms with Gasteiger partial charge in [-0.05, 0) is 22.2 Å². The smallest absolute Gasteiger partial charge is 0.423 e. The van der Waals surface area contributed by atoms with E-state index in [2.05, 4.69) is 24.3 Å². The topological polar surface area (TPSA) is 40.5 Å². The van der Waals surface area contributed by atoms with Gasteiger partial charge in [0.05, 0.1) is 0 Å². The summed E-state index contributed by atoms with van der Waals surface area (Å²) in [7, 11) is -1.48. The summed E-state index contributed by atoms with van der Waals surface area (Å²) in [5.74, 6) is -0.0274. The van der Waals surface area contributed by atoms with Gasteiger partial charge in [0.15, 0.2) is 0 Å². The lowest BCUT2D eigenvalue weighted by Gasteiger charge is -2.21. The molecule has 0 aliphatic rings. The number of hydrogen-bond acceptors (Lipinski definition) is 2. The van der Waals surface area contributed by atoms with Crippen molar-refractivity contribution in [2.45, 2.75) is 5.92 Å². The van der Waals surface area contributed by atoms with Crippen LogP contribution >= 0.6 is 0 Å². The monoisotopic (exact) mass is 288 g/mol. The average molecular weight is 288 g/mol. The van der Waals surface area contributed by atoms with E-state index in [4.69, 9.17) is 0 Å². The summed E-state index contributed by atoms with van der Waals surface area (Å²) in [6, 6.07) is 27.7. The van der Waals surface area contributed by atoms with Crippen LogP contribution in [0.25, 0.3) is 0 Å². The van der Waals surface area contributed by atoms with Gasteiger partial charge in [-0.15, -0.1) is 0 Å². The van der Waals surface area contributed by atoms with Crippen molar-refractivity contribution in [3.05, 3.63) is 102 Å². The van der Waals surface area contributed by atoms with Gasteiger partial charge < -0.3 is 10.0 Å². The molecule has 0 heterocycles. The van der Waals surface area contributed by atoms with Gasteiger partial charge in [0.1, 0.15) is 0 Å². The lowest BCUT2D eigenvalue weighted by molar-refractivity contribution is 0.425. The van der Waals surface area contributed by atoms with E-state index in [0.29, 0.717) is 5.46 Å². The first-order valence-corrected chi connectivity index (χ1v) is 7.32. The van der Waals surface area contributed by atoms with Gasteiger partial charge in [0.25, 0.3) is 0 Å². The highest BCUT2D eigenvalue weighted by Crippen LogP contribution is 2.30. The van der Waals surface area contributed by atoms with E-state index in [1.807, 2.05) is 54.6 Å². The first-order chi connectivity index (χ1) is 10.8. The third-order valence-electron chi connectivity index (χ3n) is 3.85. The molecular formula is C19H17BO2. The Hall–Kier alpha value is -2.36. The Bertz CT molecular complexity index is 687. The molecule has 22 heavy (non-hydrogen) atoms. The van der Waals surface area contributed by atoms with Crippen LogP contribution in [0.1, 0.15) is 22.6 Å². The molecule has 0 bridgehead atoms. The Balaban J connectivity index is 2.19. The Kier molecular flexibility index (Phi) is 4.38. The molecule has 2 nitrogen and oxygen atoms in total. The van der Waals surface area contributed by atoms with E-state index < -0.39 is 7.12 Å². The van der Waals surface area contributed by atoms with Crippen LogP contribution < -0.4 is 5.46 Å². The Morgan fingerprint density at radius 2 is 1.05 bits per heavy atom. The Morgan fingerprint density at radius 1 is 0.591 bits per heavy atom. The molecule has 0 saturated heterocycles. The van der Waals surface area contributed by atoms with Crippen LogP contribution in [0.3, 0.4) is 0 Å². The summed E-state index contributed by atoms with van der Waals surface area (Å²) in [5.41, 5.74) is 3.71. The fourth-order valence-electron chi connectivity index (χ4n) is 2.85. The minimum absolute atomic E-state index is 0.0274. The van der Waals surface area contributed by atoms with Crippen molar-refractivity contribution < 1.29 is 10.0 Å². The summed E-state index contributed by atoms with van der Waals surface area (Å²) >= 11 is 0. The zero-order valence-corrected chi connectivity index (χ0v) is 12.1. The number of rotatable bonds is 4. The van der Waals surface area contributed by atoms with E-state index in [0.717, 1.165) is 16.7 Å². The Labute approximate surface area is 130 Å². The molecule has 3 heteroatoms. The predicted molar refractivity (Wildman–Crippen MR) is 90.1 cm³/mol. The normalized spacial score (nSPS) is 10.7. The summed E-state index contributed by atoms with van der Waals surface area (Å²) in [4.78, 5) is 0. The van der Waals surface area contributed by atoms with E-state index in [9.17, 15) is 10.0 Å². The lowest BCUT2D eigenvalue weighted by atomic mass is 9.71. The van der Waals surface area contributed by atoms with Crippen LogP contribution in [-0.4, -0.2) is 17.2 Å². The second kappa shape index (κ2) is 6.61. The molecule has 2 N–H and O–H groups in total. The molecule has 0 amide bonds. The third kappa shape index (κ3) is 2.96. The van der Waals surface area contributed by atoms with Crippen LogP contribution in [0.5, 0.6) is 0 Å². The van der Waals surface area contributed by atoms with E-state index >= 15 is 0 Å². The molecule has 0 atom stereocenters. The average Bonchev–Trinajstić information content (AvgIpc) is 2.57. The molecule has 108 valence electrons. The summed E-state index contributed by atoms with van der Waals surface area (Å²) in [6.07, 6.45) is 0. The van der Waals surface area contributed by atoms with E-state index in [1.165, 1.54) is 0 Å². The zero-order chi connectivity index (χ0) is 15.4. The van der Waals surface area contributed by atoms with Crippen molar-refractivity contribution in [3.8, 4) is 0 Å². The second-order valence-electron chi connectivity index (χ2n) is 5.26. The molecule has 0 spiro atoms. The maximum Gasteiger partial charge on any atom is 0.488 e. The van der Waals surface area contributed by atoms with E-state index in [-0.39, 0.29) is 5.92 Å². The first kappa shape index (κ1) is 14.6.